The number of hydrogen-bond donors (Lipinski definition) is 0. The Morgan fingerprint density at radius 3 is 2.38 bits per heavy atom. The fourth-order valence-corrected chi connectivity index (χ4v) is 3.65. The number of hydrogen-bond acceptors (Lipinski definition) is 8. The molecule has 0 aliphatic carbocycles. The molecule has 11 heteroatoms. The summed E-state index contributed by atoms with van der Waals surface area (Å²) in [6.45, 7) is 3.50. The van der Waals surface area contributed by atoms with Crippen molar-refractivity contribution in [2.24, 2.45) is 0 Å². The highest BCUT2D eigenvalue weighted by Crippen LogP contribution is 2.29. The number of alkyl halides is 2. The first-order valence-electron chi connectivity index (χ1n) is 10.6. The average molecular weight is 466 g/mol. The smallest absolute Gasteiger partial charge is 0.328 e. The minimum Gasteiger partial charge on any atom is -0.424 e. The van der Waals surface area contributed by atoms with Crippen LogP contribution in [0.2, 0.25) is 0 Å². The van der Waals surface area contributed by atoms with Crippen molar-refractivity contribution < 1.29 is 23.0 Å². The molecule has 0 bridgehead atoms. The highest BCUT2D eigenvalue weighted by molar-refractivity contribution is 5.94. The van der Waals surface area contributed by atoms with Gasteiger partial charge in [-0.1, -0.05) is 12.1 Å². The molecule has 5 rings (SSSR count). The van der Waals surface area contributed by atoms with Gasteiger partial charge in [-0.25, -0.2) is 13.8 Å². The first-order chi connectivity index (χ1) is 16.5. The van der Waals surface area contributed by atoms with Gasteiger partial charge in [0.05, 0.1) is 24.2 Å². The Morgan fingerprint density at radius 2 is 1.68 bits per heavy atom. The molecule has 0 atom stereocenters. The lowest BCUT2D eigenvalue weighted by Crippen LogP contribution is -2.37. The minimum absolute atomic E-state index is 0.0316. The summed E-state index contributed by atoms with van der Waals surface area (Å²) in [7, 11) is 0. The number of morpholine rings is 1. The molecule has 0 amide bonds. The number of benzene rings is 2. The Balaban J connectivity index is 1.62. The van der Waals surface area contributed by atoms with Crippen LogP contribution in [-0.2, 0) is 4.74 Å². The standard InChI is InChI=1S/C23H20F2N6O3/c1-14(32)15-6-8-16(9-7-15)34-23-28-21(30-10-12-33-13-11-30)27-22(29-23)31-18-5-3-2-4-17(18)26-20(31)19(24)25/h2-9,19H,10-13H2,1H3. The Kier molecular flexibility index (Phi) is 5.84. The summed E-state index contributed by atoms with van der Waals surface area (Å²) in [6, 6.07) is 13.2. The number of anilines is 1. The predicted molar refractivity (Wildman–Crippen MR) is 119 cm³/mol. The summed E-state index contributed by atoms with van der Waals surface area (Å²) in [5.41, 5.74) is 1.37. The van der Waals surface area contributed by atoms with Crippen molar-refractivity contribution in [2.75, 3.05) is 31.2 Å². The molecule has 1 saturated heterocycles. The van der Waals surface area contributed by atoms with E-state index >= 15 is 0 Å². The topological polar surface area (TPSA) is 95.3 Å². The van der Waals surface area contributed by atoms with Gasteiger partial charge in [-0.2, -0.15) is 15.0 Å². The molecule has 0 unspecified atom stereocenters. The van der Waals surface area contributed by atoms with Crippen LogP contribution in [0.25, 0.3) is 17.0 Å². The van der Waals surface area contributed by atoms with Crippen LogP contribution in [-0.4, -0.2) is 56.6 Å². The molecule has 3 heterocycles. The highest BCUT2D eigenvalue weighted by Gasteiger charge is 2.24. The molecule has 1 aliphatic rings. The highest BCUT2D eigenvalue weighted by atomic mass is 19.3. The Hall–Kier alpha value is -3.99. The Bertz CT molecular complexity index is 1340. The SMILES string of the molecule is CC(=O)c1ccc(Oc2nc(N3CCOCC3)nc(-n3c(C(F)F)nc4ccccc43)n2)cc1. The molecule has 1 aliphatic heterocycles. The number of imidazole rings is 1. The zero-order chi connectivity index (χ0) is 23.7. The van der Waals surface area contributed by atoms with Crippen LogP contribution < -0.4 is 9.64 Å². The maximum Gasteiger partial charge on any atom is 0.328 e. The molecular formula is C23H20F2N6O3. The number of carbonyl (C=O) groups excluding carboxylic acids is 1. The number of Topliss-reactive ketones (excluding diaryl/α,β-unsaturated/α-hetero) is 1. The van der Waals surface area contributed by atoms with E-state index in [2.05, 4.69) is 19.9 Å². The number of nitrogens with zero attached hydrogens (tertiary/aromatic N) is 6. The average Bonchev–Trinajstić information content (AvgIpc) is 3.25. The molecule has 34 heavy (non-hydrogen) atoms. The van der Waals surface area contributed by atoms with E-state index in [1.54, 1.807) is 48.5 Å². The molecule has 0 radical (unpaired) electrons. The van der Waals surface area contributed by atoms with Crippen LogP contribution in [0.3, 0.4) is 0 Å². The third kappa shape index (κ3) is 4.29. The van der Waals surface area contributed by atoms with Crippen LogP contribution in [0.15, 0.2) is 48.5 Å². The molecular weight excluding hydrogens is 446 g/mol. The van der Waals surface area contributed by atoms with Gasteiger partial charge in [0, 0.05) is 18.7 Å². The first kappa shape index (κ1) is 21.8. The summed E-state index contributed by atoms with van der Waals surface area (Å²) in [5.74, 6) is 0.0874. The lowest BCUT2D eigenvalue weighted by atomic mass is 10.1. The summed E-state index contributed by atoms with van der Waals surface area (Å²) in [5, 5.41) is 0. The van der Waals surface area contributed by atoms with Gasteiger partial charge in [-0.3, -0.25) is 9.36 Å². The van der Waals surface area contributed by atoms with E-state index in [0.29, 0.717) is 48.6 Å². The lowest BCUT2D eigenvalue weighted by molar-refractivity contribution is 0.101. The third-order valence-corrected chi connectivity index (χ3v) is 5.34. The van der Waals surface area contributed by atoms with Crippen LogP contribution in [0, 0.1) is 0 Å². The van der Waals surface area contributed by atoms with Crippen molar-refractivity contribution in [3.05, 3.63) is 59.9 Å². The van der Waals surface area contributed by atoms with Gasteiger partial charge in [-0.15, -0.1) is 0 Å². The molecule has 2 aromatic heterocycles. The van der Waals surface area contributed by atoms with E-state index in [0.717, 1.165) is 0 Å². The minimum atomic E-state index is -2.85. The molecule has 9 nitrogen and oxygen atoms in total. The van der Waals surface area contributed by atoms with Crippen LogP contribution in [0.1, 0.15) is 29.5 Å². The summed E-state index contributed by atoms with van der Waals surface area (Å²) in [4.78, 5) is 30.7. The molecule has 0 spiro atoms. The number of aromatic nitrogens is 5. The van der Waals surface area contributed by atoms with E-state index < -0.39 is 12.2 Å². The Morgan fingerprint density at radius 1 is 0.971 bits per heavy atom. The van der Waals surface area contributed by atoms with Crippen molar-refractivity contribution in [2.45, 2.75) is 13.3 Å². The van der Waals surface area contributed by atoms with Gasteiger partial charge in [0.1, 0.15) is 5.75 Å². The maximum absolute atomic E-state index is 13.9. The third-order valence-electron chi connectivity index (χ3n) is 5.34. The molecule has 0 N–H and O–H groups in total. The molecule has 174 valence electrons. The molecule has 0 saturated carbocycles. The van der Waals surface area contributed by atoms with Crippen molar-refractivity contribution >= 4 is 22.8 Å². The fraction of sp³-hybridized carbons (Fsp3) is 0.261. The van der Waals surface area contributed by atoms with Crippen LogP contribution in [0.5, 0.6) is 11.8 Å². The molecule has 2 aromatic carbocycles. The zero-order valence-corrected chi connectivity index (χ0v) is 18.2. The predicted octanol–water partition coefficient (Wildman–Crippen LogP) is 3.98. The number of halogens is 2. The Labute approximate surface area is 193 Å². The summed E-state index contributed by atoms with van der Waals surface area (Å²) < 4.78 is 40.3. The summed E-state index contributed by atoms with van der Waals surface area (Å²) in [6.07, 6.45) is -2.85. The van der Waals surface area contributed by atoms with Crippen LogP contribution in [0.4, 0.5) is 14.7 Å². The van der Waals surface area contributed by atoms with Gasteiger partial charge < -0.3 is 14.4 Å². The zero-order valence-electron chi connectivity index (χ0n) is 18.2. The van der Waals surface area contributed by atoms with Crippen molar-refractivity contribution in [1.29, 1.82) is 0 Å². The monoisotopic (exact) mass is 466 g/mol. The number of fused-ring (bicyclic) bond motifs is 1. The van der Waals surface area contributed by atoms with Gasteiger partial charge >= 0.3 is 6.01 Å². The normalized spacial score (nSPS) is 14.1. The van der Waals surface area contributed by atoms with Crippen molar-refractivity contribution in [1.82, 2.24) is 24.5 Å². The van der Waals surface area contributed by atoms with Crippen molar-refractivity contribution in [3.8, 4) is 17.7 Å². The lowest BCUT2D eigenvalue weighted by Gasteiger charge is -2.27. The van der Waals surface area contributed by atoms with E-state index in [1.165, 1.54) is 11.5 Å². The number of para-hydroxylation sites is 2. The van der Waals surface area contributed by atoms with E-state index in [-0.39, 0.29) is 23.7 Å². The quantitative estimate of drug-likeness (QED) is 0.394. The van der Waals surface area contributed by atoms with E-state index in [9.17, 15) is 13.6 Å². The van der Waals surface area contributed by atoms with Crippen LogP contribution >= 0.6 is 0 Å². The van der Waals surface area contributed by atoms with Gasteiger partial charge in [0.15, 0.2) is 11.6 Å². The van der Waals surface area contributed by atoms with E-state index in [4.69, 9.17) is 9.47 Å². The maximum atomic E-state index is 13.9. The number of ketones is 1. The van der Waals surface area contributed by atoms with Gasteiger partial charge in [-0.05, 0) is 43.3 Å². The summed E-state index contributed by atoms with van der Waals surface area (Å²) >= 11 is 0. The number of ether oxygens (including phenoxy) is 2. The largest absolute Gasteiger partial charge is 0.424 e. The number of carbonyl (C=O) groups is 1. The van der Waals surface area contributed by atoms with Gasteiger partial charge in [0.2, 0.25) is 11.9 Å². The van der Waals surface area contributed by atoms with Gasteiger partial charge in [0.25, 0.3) is 6.43 Å². The number of rotatable bonds is 6. The second-order valence-corrected chi connectivity index (χ2v) is 7.59. The molecule has 1 fully saturated rings. The van der Waals surface area contributed by atoms with Crippen molar-refractivity contribution in [3.63, 3.8) is 0 Å². The van der Waals surface area contributed by atoms with E-state index in [1.807, 2.05) is 4.90 Å². The fourth-order valence-electron chi connectivity index (χ4n) is 3.65. The molecule has 4 aromatic rings. The second kappa shape index (κ2) is 9.10. The second-order valence-electron chi connectivity index (χ2n) is 7.59. The first-order valence-corrected chi connectivity index (χ1v) is 10.6.